The first-order valence-corrected chi connectivity index (χ1v) is 11.6. The molecule has 3 rings (SSSR count). The molecular formula is C24H27N5O4S. The van der Waals surface area contributed by atoms with E-state index in [2.05, 4.69) is 27.4 Å². The molecule has 178 valence electrons. The molecule has 0 aliphatic carbocycles. The largest absolute Gasteiger partial charge is 0.497 e. The highest BCUT2D eigenvalue weighted by molar-refractivity contribution is 7.99. The van der Waals surface area contributed by atoms with Crippen LogP contribution in [0.2, 0.25) is 0 Å². The van der Waals surface area contributed by atoms with E-state index in [0.29, 0.717) is 41.3 Å². The number of ether oxygens (including phenoxy) is 2. The molecule has 0 unspecified atom stereocenters. The first kappa shape index (κ1) is 24.8. The zero-order valence-electron chi connectivity index (χ0n) is 19.1. The Bertz CT molecular complexity index is 1110. The SMILES string of the molecule is C=CCn1c(CC(=O)Nc2ccc(OC)cc2)nnc1SCC(=O)Nc1ccc(OCC)cc1. The number of hydrogen-bond acceptors (Lipinski definition) is 7. The predicted molar refractivity (Wildman–Crippen MR) is 133 cm³/mol. The number of nitrogens with one attached hydrogen (secondary N) is 2. The quantitative estimate of drug-likeness (QED) is 0.299. The second-order valence-corrected chi connectivity index (χ2v) is 7.99. The molecule has 3 aromatic rings. The normalized spacial score (nSPS) is 10.4. The molecule has 0 bridgehead atoms. The summed E-state index contributed by atoms with van der Waals surface area (Å²) in [4.78, 5) is 24.9. The Kier molecular flexibility index (Phi) is 9.10. The number of carbonyl (C=O) groups is 2. The molecule has 0 fully saturated rings. The van der Waals surface area contributed by atoms with Crippen molar-refractivity contribution in [3.63, 3.8) is 0 Å². The number of anilines is 2. The third kappa shape index (κ3) is 7.11. The number of carbonyl (C=O) groups excluding carboxylic acids is 2. The maximum atomic E-state index is 12.5. The molecule has 2 amide bonds. The highest BCUT2D eigenvalue weighted by Crippen LogP contribution is 2.20. The average Bonchev–Trinajstić information content (AvgIpc) is 3.21. The number of nitrogens with zero attached hydrogens (tertiary/aromatic N) is 3. The van der Waals surface area contributed by atoms with Crippen LogP contribution in [0.3, 0.4) is 0 Å². The van der Waals surface area contributed by atoms with Crippen LogP contribution >= 0.6 is 11.8 Å². The van der Waals surface area contributed by atoms with E-state index in [1.54, 1.807) is 66.3 Å². The van der Waals surface area contributed by atoms with Gasteiger partial charge in [0.2, 0.25) is 11.8 Å². The van der Waals surface area contributed by atoms with E-state index < -0.39 is 0 Å². The number of allylic oxidation sites excluding steroid dienone is 1. The first-order valence-electron chi connectivity index (χ1n) is 10.6. The summed E-state index contributed by atoms with van der Waals surface area (Å²) in [5, 5.41) is 14.5. The topological polar surface area (TPSA) is 107 Å². The van der Waals surface area contributed by atoms with Gasteiger partial charge in [-0.15, -0.1) is 16.8 Å². The molecule has 0 spiro atoms. The number of thioether (sulfide) groups is 1. The van der Waals surface area contributed by atoms with Crippen molar-refractivity contribution in [2.75, 3.05) is 30.1 Å². The minimum Gasteiger partial charge on any atom is -0.497 e. The molecule has 10 heteroatoms. The zero-order valence-corrected chi connectivity index (χ0v) is 19.9. The predicted octanol–water partition coefficient (Wildman–Crippen LogP) is 3.78. The lowest BCUT2D eigenvalue weighted by Crippen LogP contribution is -2.18. The number of methoxy groups -OCH3 is 1. The number of rotatable bonds is 12. The molecule has 0 saturated carbocycles. The molecule has 34 heavy (non-hydrogen) atoms. The molecule has 9 nitrogen and oxygen atoms in total. The molecule has 0 aliphatic heterocycles. The summed E-state index contributed by atoms with van der Waals surface area (Å²) in [5.74, 6) is 1.67. The smallest absolute Gasteiger partial charge is 0.234 e. The van der Waals surface area contributed by atoms with Crippen LogP contribution in [0.4, 0.5) is 11.4 Å². The molecule has 0 saturated heterocycles. The maximum Gasteiger partial charge on any atom is 0.234 e. The molecule has 1 aromatic heterocycles. The van der Waals surface area contributed by atoms with E-state index in [0.717, 1.165) is 5.75 Å². The standard InChI is InChI=1S/C24H27N5O4S/c1-4-14-29-21(15-22(30)25-17-6-10-19(32-3)11-7-17)27-28-24(29)34-16-23(31)26-18-8-12-20(13-9-18)33-5-2/h4,6-13H,1,5,14-16H2,2-3H3,(H,25,30)(H,26,31). The van der Waals surface area contributed by atoms with Crippen molar-refractivity contribution in [2.24, 2.45) is 0 Å². The van der Waals surface area contributed by atoms with Crippen molar-refractivity contribution < 1.29 is 19.1 Å². The molecule has 0 aliphatic rings. The van der Waals surface area contributed by atoms with Crippen LogP contribution in [0.25, 0.3) is 0 Å². The van der Waals surface area contributed by atoms with Crippen molar-refractivity contribution in [1.82, 2.24) is 14.8 Å². The van der Waals surface area contributed by atoms with Crippen molar-refractivity contribution in [3.05, 3.63) is 67.0 Å². The van der Waals surface area contributed by atoms with Crippen LogP contribution in [-0.4, -0.2) is 46.0 Å². The van der Waals surface area contributed by atoms with Gasteiger partial charge < -0.3 is 24.7 Å². The third-order valence-corrected chi connectivity index (χ3v) is 5.55. The summed E-state index contributed by atoms with van der Waals surface area (Å²) in [5.41, 5.74) is 1.33. The molecule has 0 atom stereocenters. The summed E-state index contributed by atoms with van der Waals surface area (Å²) >= 11 is 1.24. The van der Waals surface area contributed by atoms with Gasteiger partial charge in [0.15, 0.2) is 5.16 Å². The van der Waals surface area contributed by atoms with E-state index in [1.807, 2.05) is 6.92 Å². The second kappa shape index (κ2) is 12.4. The Hall–Kier alpha value is -3.79. The van der Waals surface area contributed by atoms with Crippen molar-refractivity contribution >= 4 is 35.0 Å². The fourth-order valence-electron chi connectivity index (χ4n) is 3.02. The molecule has 2 aromatic carbocycles. The summed E-state index contributed by atoms with van der Waals surface area (Å²) in [7, 11) is 1.58. The number of aromatic nitrogens is 3. The Balaban J connectivity index is 1.57. The first-order chi connectivity index (χ1) is 16.5. The lowest BCUT2D eigenvalue weighted by Gasteiger charge is -2.09. The fraction of sp³-hybridized carbons (Fsp3) is 0.250. The van der Waals surface area contributed by atoms with Gasteiger partial charge in [-0.3, -0.25) is 9.59 Å². The number of benzene rings is 2. The van der Waals surface area contributed by atoms with Crippen LogP contribution in [0, 0.1) is 0 Å². The third-order valence-electron chi connectivity index (χ3n) is 4.58. The van der Waals surface area contributed by atoms with E-state index in [9.17, 15) is 9.59 Å². The van der Waals surface area contributed by atoms with Crippen LogP contribution in [0.1, 0.15) is 12.7 Å². The second-order valence-electron chi connectivity index (χ2n) is 7.05. The highest BCUT2D eigenvalue weighted by atomic mass is 32.2. The Labute approximate surface area is 202 Å². The minimum absolute atomic E-state index is 0.0335. The molecule has 0 radical (unpaired) electrons. The summed E-state index contributed by atoms with van der Waals surface area (Å²) in [6.07, 6.45) is 1.73. The lowest BCUT2D eigenvalue weighted by molar-refractivity contribution is -0.116. The monoisotopic (exact) mass is 481 g/mol. The van der Waals surface area contributed by atoms with Gasteiger partial charge in [-0.1, -0.05) is 17.8 Å². The van der Waals surface area contributed by atoms with E-state index in [1.165, 1.54) is 11.8 Å². The zero-order chi connectivity index (χ0) is 24.3. The van der Waals surface area contributed by atoms with Gasteiger partial charge in [0, 0.05) is 17.9 Å². The van der Waals surface area contributed by atoms with Gasteiger partial charge in [-0.25, -0.2) is 0 Å². The summed E-state index contributed by atoms with van der Waals surface area (Å²) in [6.45, 7) is 6.68. The van der Waals surface area contributed by atoms with Gasteiger partial charge in [0.1, 0.15) is 17.3 Å². The van der Waals surface area contributed by atoms with Crippen LogP contribution in [0.5, 0.6) is 11.5 Å². The van der Waals surface area contributed by atoms with E-state index >= 15 is 0 Å². The van der Waals surface area contributed by atoms with E-state index in [-0.39, 0.29) is 24.0 Å². The molecule has 1 heterocycles. The van der Waals surface area contributed by atoms with Gasteiger partial charge in [0.25, 0.3) is 0 Å². The van der Waals surface area contributed by atoms with Gasteiger partial charge in [-0.05, 0) is 55.5 Å². The average molecular weight is 482 g/mol. The van der Waals surface area contributed by atoms with Crippen molar-refractivity contribution in [2.45, 2.75) is 25.0 Å². The van der Waals surface area contributed by atoms with Gasteiger partial charge >= 0.3 is 0 Å². The number of amides is 2. The summed E-state index contributed by atoms with van der Waals surface area (Å²) < 4.78 is 12.3. The minimum atomic E-state index is -0.229. The maximum absolute atomic E-state index is 12.5. The molecule has 2 N–H and O–H groups in total. The van der Waals surface area contributed by atoms with Gasteiger partial charge in [0.05, 0.1) is 25.9 Å². The Morgan fingerprint density at radius 3 is 2.21 bits per heavy atom. The Morgan fingerprint density at radius 2 is 1.62 bits per heavy atom. The number of hydrogen-bond donors (Lipinski definition) is 2. The van der Waals surface area contributed by atoms with Crippen LogP contribution in [0.15, 0.2) is 66.3 Å². The fourth-order valence-corrected chi connectivity index (χ4v) is 3.79. The lowest BCUT2D eigenvalue weighted by atomic mass is 10.3. The summed E-state index contributed by atoms with van der Waals surface area (Å²) in [6, 6.07) is 14.2. The highest BCUT2D eigenvalue weighted by Gasteiger charge is 2.16. The van der Waals surface area contributed by atoms with Crippen molar-refractivity contribution in [3.8, 4) is 11.5 Å². The van der Waals surface area contributed by atoms with E-state index in [4.69, 9.17) is 9.47 Å². The van der Waals surface area contributed by atoms with Crippen LogP contribution < -0.4 is 20.1 Å². The van der Waals surface area contributed by atoms with Gasteiger partial charge in [-0.2, -0.15) is 0 Å². The van der Waals surface area contributed by atoms with Crippen LogP contribution in [-0.2, 0) is 22.6 Å². The van der Waals surface area contributed by atoms with Crippen molar-refractivity contribution in [1.29, 1.82) is 0 Å². The Morgan fingerprint density at radius 1 is 1.00 bits per heavy atom. The molecular weight excluding hydrogens is 454 g/mol.